The largest absolute Gasteiger partial charge is 0.397 e. The lowest BCUT2D eigenvalue weighted by atomic mass is 9.97. The number of amides is 1. The normalized spacial score (nSPS) is 10.7. The molecular weight excluding hydrogens is 376 g/mol. The van der Waals surface area contributed by atoms with Crippen molar-refractivity contribution in [2.24, 2.45) is 0 Å². The first-order valence-corrected chi connectivity index (χ1v) is 9.03. The molecule has 0 fully saturated rings. The van der Waals surface area contributed by atoms with Gasteiger partial charge in [-0.05, 0) is 12.5 Å². The van der Waals surface area contributed by atoms with Crippen LogP contribution in [0.3, 0.4) is 0 Å². The number of aryl methyl sites for hydroxylation is 1. The van der Waals surface area contributed by atoms with E-state index >= 15 is 0 Å². The number of rotatable bonds is 3. The monoisotopic (exact) mass is 390 g/mol. The van der Waals surface area contributed by atoms with Crippen molar-refractivity contribution in [3.05, 3.63) is 52.6 Å². The van der Waals surface area contributed by atoms with Gasteiger partial charge in [0.1, 0.15) is 32.9 Å². The van der Waals surface area contributed by atoms with Gasteiger partial charge in [-0.3, -0.25) is 4.79 Å². The Morgan fingerprint density at radius 3 is 2.68 bits per heavy atom. The Morgan fingerprint density at radius 1 is 1.29 bits per heavy atom. The molecule has 8 nitrogen and oxygen atoms in total. The predicted octanol–water partition coefficient (Wildman–Crippen LogP) is 3.55. The minimum absolute atomic E-state index is 0.0918. The van der Waals surface area contributed by atoms with Crippen molar-refractivity contribution in [1.82, 2.24) is 10.1 Å². The Labute approximate surface area is 163 Å². The van der Waals surface area contributed by atoms with E-state index in [1.807, 2.05) is 30.3 Å². The van der Waals surface area contributed by atoms with Crippen molar-refractivity contribution in [2.75, 3.05) is 16.8 Å². The van der Waals surface area contributed by atoms with Crippen LogP contribution < -0.4 is 16.8 Å². The lowest BCUT2D eigenvalue weighted by Crippen LogP contribution is -2.12. The first-order valence-electron chi connectivity index (χ1n) is 8.21. The third kappa shape index (κ3) is 2.82. The van der Waals surface area contributed by atoms with Crippen molar-refractivity contribution in [3.63, 3.8) is 0 Å². The fourth-order valence-corrected chi connectivity index (χ4v) is 3.95. The molecule has 0 unspecified atom stereocenters. The SMILES string of the molecule is Cc1cc(NC(=O)c2sc3nc(N)c(C#N)c(-c4ccccc4)c3c2N)no1. The van der Waals surface area contributed by atoms with E-state index in [1.165, 1.54) is 0 Å². The zero-order valence-electron chi connectivity index (χ0n) is 14.7. The molecule has 0 radical (unpaired) electrons. The van der Waals surface area contributed by atoms with Gasteiger partial charge < -0.3 is 21.3 Å². The van der Waals surface area contributed by atoms with Crippen LogP contribution in [0.4, 0.5) is 17.3 Å². The molecule has 1 aromatic carbocycles. The molecule has 0 spiro atoms. The molecule has 0 aliphatic heterocycles. The number of thiophene rings is 1. The molecular formula is C19H14N6O2S. The Hall–Kier alpha value is -3.90. The average Bonchev–Trinajstić information content (AvgIpc) is 3.24. The summed E-state index contributed by atoms with van der Waals surface area (Å²) in [7, 11) is 0. The second kappa shape index (κ2) is 6.68. The van der Waals surface area contributed by atoms with Crippen molar-refractivity contribution < 1.29 is 9.32 Å². The number of benzene rings is 1. The van der Waals surface area contributed by atoms with Crippen LogP contribution in [-0.2, 0) is 0 Å². The highest BCUT2D eigenvalue weighted by molar-refractivity contribution is 7.21. The first kappa shape index (κ1) is 17.5. The van der Waals surface area contributed by atoms with E-state index in [1.54, 1.807) is 13.0 Å². The Bertz CT molecular complexity index is 1250. The number of hydrogen-bond donors (Lipinski definition) is 3. The minimum Gasteiger partial charge on any atom is -0.397 e. The summed E-state index contributed by atoms with van der Waals surface area (Å²) in [5.41, 5.74) is 14.1. The summed E-state index contributed by atoms with van der Waals surface area (Å²) in [6, 6.07) is 13.0. The second-order valence-electron chi connectivity index (χ2n) is 6.03. The van der Waals surface area contributed by atoms with E-state index in [-0.39, 0.29) is 27.8 Å². The summed E-state index contributed by atoms with van der Waals surface area (Å²) < 4.78 is 4.96. The van der Waals surface area contributed by atoms with E-state index in [4.69, 9.17) is 16.0 Å². The van der Waals surface area contributed by atoms with Crippen LogP contribution in [-0.4, -0.2) is 16.0 Å². The molecule has 0 bridgehead atoms. The number of hydrogen-bond acceptors (Lipinski definition) is 8. The van der Waals surface area contributed by atoms with E-state index in [0.717, 1.165) is 16.9 Å². The van der Waals surface area contributed by atoms with Gasteiger partial charge in [0, 0.05) is 17.0 Å². The van der Waals surface area contributed by atoms with E-state index in [0.29, 0.717) is 21.5 Å². The van der Waals surface area contributed by atoms with Gasteiger partial charge in [0.25, 0.3) is 5.91 Å². The standard InChI is InChI=1S/C19H14N6O2S/c1-9-7-12(25-27-9)23-18(26)16-15(21)14-13(10-5-3-2-4-6-10)11(8-20)17(22)24-19(14)28-16/h2-7H,21H2,1H3,(H2,22,24)(H,23,25,26). The molecule has 0 aliphatic rings. The zero-order chi connectivity index (χ0) is 19.8. The fourth-order valence-electron chi connectivity index (χ4n) is 2.94. The summed E-state index contributed by atoms with van der Waals surface area (Å²) in [5, 5.41) is 16.5. The van der Waals surface area contributed by atoms with E-state index in [2.05, 4.69) is 21.5 Å². The van der Waals surface area contributed by atoms with Crippen LogP contribution in [0.25, 0.3) is 21.3 Å². The number of fused-ring (bicyclic) bond motifs is 1. The third-order valence-corrected chi connectivity index (χ3v) is 5.25. The van der Waals surface area contributed by atoms with Crippen molar-refractivity contribution in [2.45, 2.75) is 6.92 Å². The number of nitrogens with one attached hydrogen (secondary N) is 1. The molecule has 0 aliphatic carbocycles. The first-order chi connectivity index (χ1) is 13.5. The van der Waals surface area contributed by atoms with Gasteiger partial charge in [-0.2, -0.15) is 5.26 Å². The van der Waals surface area contributed by atoms with Gasteiger partial charge in [0.05, 0.1) is 5.69 Å². The van der Waals surface area contributed by atoms with Gasteiger partial charge in [0.15, 0.2) is 5.82 Å². The minimum atomic E-state index is -0.440. The van der Waals surface area contributed by atoms with Crippen LogP contribution in [0.5, 0.6) is 0 Å². The highest BCUT2D eigenvalue weighted by Crippen LogP contribution is 2.42. The number of nitrogen functional groups attached to an aromatic ring is 2. The lowest BCUT2D eigenvalue weighted by Gasteiger charge is -2.09. The smallest absolute Gasteiger partial charge is 0.269 e. The van der Waals surface area contributed by atoms with Crippen LogP contribution in [0.15, 0.2) is 40.9 Å². The molecule has 3 aromatic heterocycles. The molecule has 5 N–H and O–H groups in total. The number of nitriles is 1. The summed E-state index contributed by atoms with van der Waals surface area (Å²) >= 11 is 1.10. The van der Waals surface area contributed by atoms with Gasteiger partial charge >= 0.3 is 0 Å². The van der Waals surface area contributed by atoms with Crippen molar-refractivity contribution in [1.29, 1.82) is 5.26 Å². The Morgan fingerprint density at radius 2 is 2.04 bits per heavy atom. The summed E-state index contributed by atoms with van der Waals surface area (Å²) in [6.45, 7) is 1.72. The summed E-state index contributed by atoms with van der Waals surface area (Å²) in [4.78, 5) is 17.7. The molecule has 0 atom stereocenters. The van der Waals surface area contributed by atoms with Crippen molar-refractivity contribution >= 4 is 44.8 Å². The molecule has 28 heavy (non-hydrogen) atoms. The summed E-state index contributed by atoms with van der Waals surface area (Å²) in [5.74, 6) is 0.506. The highest BCUT2D eigenvalue weighted by Gasteiger charge is 2.24. The predicted molar refractivity (Wildman–Crippen MR) is 108 cm³/mol. The zero-order valence-corrected chi connectivity index (χ0v) is 15.5. The van der Waals surface area contributed by atoms with Gasteiger partial charge in [-0.15, -0.1) is 11.3 Å². The van der Waals surface area contributed by atoms with Crippen LogP contribution in [0, 0.1) is 18.3 Å². The molecule has 9 heteroatoms. The van der Waals surface area contributed by atoms with Crippen molar-refractivity contribution in [3.8, 4) is 17.2 Å². The molecule has 4 aromatic rings. The van der Waals surface area contributed by atoms with Crippen LogP contribution in [0.2, 0.25) is 0 Å². The van der Waals surface area contributed by atoms with Gasteiger partial charge in [-0.25, -0.2) is 4.98 Å². The number of aromatic nitrogens is 2. The van der Waals surface area contributed by atoms with Crippen LogP contribution >= 0.6 is 11.3 Å². The lowest BCUT2D eigenvalue weighted by molar-refractivity contribution is 0.103. The maximum atomic E-state index is 12.7. The van der Waals surface area contributed by atoms with E-state index in [9.17, 15) is 10.1 Å². The molecule has 3 heterocycles. The number of carbonyl (C=O) groups is 1. The number of anilines is 3. The fraction of sp³-hybridized carbons (Fsp3) is 0.0526. The topological polar surface area (TPSA) is 144 Å². The molecule has 0 saturated heterocycles. The van der Waals surface area contributed by atoms with E-state index < -0.39 is 5.91 Å². The molecule has 0 saturated carbocycles. The maximum absolute atomic E-state index is 12.7. The second-order valence-corrected chi connectivity index (χ2v) is 7.03. The third-order valence-electron chi connectivity index (χ3n) is 4.15. The number of nitrogens with zero attached hydrogens (tertiary/aromatic N) is 3. The molecule has 4 rings (SSSR count). The highest BCUT2D eigenvalue weighted by atomic mass is 32.1. The molecule has 138 valence electrons. The number of carbonyl (C=O) groups excluding carboxylic acids is 1. The summed E-state index contributed by atoms with van der Waals surface area (Å²) in [6.07, 6.45) is 0. The van der Waals surface area contributed by atoms with Crippen LogP contribution in [0.1, 0.15) is 21.0 Å². The Balaban J connectivity index is 1.91. The Kier molecular flexibility index (Phi) is 4.18. The molecule has 1 amide bonds. The number of nitrogens with two attached hydrogens (primary N) is 2. The number of pyridine rings is 1. The van der Waals surface area contributed by atoms with Gasteiger partial charge in [-0.1, -0.05) is 35.5 Å². The van der Waals surface area contributed by atoms with Gasteiger partial charge in [0.2, 0.25) is 0 Å². The average molecular weight is 390 g/mol. The quantitative estimate of drug-likeness (QED) is 0.485. The maximum Gasteiger partial charge on any atom is 0.269 e.